The Balaban J connectivity index is 1.61. The van der Waals surface area contributed by atoms with Crippen LogP contribution in [0.15, 0.2) is 44.0 Å². The Bertz CT molecular complexity index is 1090. The zero-order valence-electron chi connectivity index (χ0n) is 13.5. The number of rotatable bonds is 4. The molecule has 2 aromatic heterocycles. The number of benzene rings is 1. The third kappa shape index (κ3) is 2.85. The molecule has 0 atom stereocenters. The van der Waals surface area contributed by atoms with Crippen LogP contribution in [0.5, 0.6) is 0 Å². The van der Waals surface area contributed by atoms with Crippen molar-refractivity contribution in [1.29, 1.82) is 0 Å². The normalized spacial score (nSPS) is 12.9. The van der Waals surface area contributed by atoms with Crippen molar-refractivity contribution in [2.45, 2.75) is 25.9 Å². The zero-order valence-corrected chi connectivity index (χ0v) is 13.5. The van der Waals surface area contributed by atoms with E-state index in [1.807, 2.05) is 12.1 Å². The van der Waals surface area contributed by atoms with Crippen molar-refractivity contribution < 1.29 is 23.3 Å². The Kier molecular flexibility index (Phi) is 3.80. The number of nitrogens with zero attached hydrogens (tertiary/aromatic N) is 1. The average molecular weight is 355 g/mol. The summed E-state index contributed by atoms with van der Waals surface area (Å²) >= 11 is 0. The first kappa shape index (κ1) is 16.1. The monoisotopic (exact) mass is 355 g/mol. The summed E-state index contributed by atoms with van der Waals surface area (Å²) in [5.74, 6) is -1.66. The van der Waals surface area contributed by atoms with Gasteiger partial charge in [-0.05, 0) is 48.6 Å². The summed E-state index contributed by atoms with van der Waals surface area (Å²) in [5.41, 5.74) is 2.80. The van der Waals surface area contributed by atoms with Gasteiger partial charge in [-0.1, -0.05) is 0 Å². The van der Waals surface area contributed by atoms with E-state index in [2.05, 4.69) is 0 Å². The summed E-state index contributed by atoms with van der Waals surface area (Å²) in [6, 6.07) is 7.35. The van der Waals surface area contributed by atoms with Crippen LogP contribution in [0.4, 0.5) is 5.88 Å². The predicted octanol–water partition coefficient (Wildman–Crippen LogP) is 3.14. The predicted molar refractivity (Wildman–Crippen MR) is 89.0 cm³/mol. The smallest absolute Gasteiger partial charge is 0.433 e. The highest BCUT2D eigenvalue weighted by Crippen LogP contribution is 2.29. The molecule has 0 saturated carbocycles. The van der Waals surface area contributed by atoms with Gasteiger partial charge in [0.25, 0.3) is 0 Å². The molecule has 0 bridgehead atoms. The summed E-state index contributed by atoms with van der Waals surface area (Å²) in [5, 5.41) is 11.3. The minimum atomic E-state index is -0.847. The topological polar surface area (TPSA) is 113 Å². The lowest BCUT2D eigenvalue weighted by Gasteiger charge is -2.08. The lowest BCUT2D eigenvalue weighted by Crippen LogP contribution is -2.07. The Hall–Kier alpha value is -3.42. The number of nitro groups is 1. The highest BCUT2D eigenvalue weighted by atomic mass is 16.7. The second-order valence-electron chi connectivity index (χ2n) is 6.03. The van der Waals surface area contributed by atoms with Crippen molar-refractivity contribution in [3.63, 3.8) is 0 Å². The average Bonchev–Trinajstić information content (AvgIpc) is 3.26. The van der Waals surface area contributed by atoms with Crippen molar-refractivity contribution in [1.82, 2.24) is 0 Å². The molecule has 0 radical (unpaired) electrons. The Morgan fingerprint density at radius 3 is 2.65 bits per heavy atom. The minimum absolute atomic E-state index is 0.172. The van der Waals surface area contributed by atoms with E-state index in [9.17, 15) is 19.7 Å². The van der Waals surface area contributed by atoms with E-state index in [1.165, 1.54) is 17.7 Å². The molecule has 0 saturated heterocycles. The van der Waals surface area contributed by atoms with Crippen LogP contribution in [0, 0.1) is 10.1 Å². The van der Waals surface area contributed by atoms with E-state index < -0.39 is 22.4 Å². The summed E-state index contributed by atoms with van der Waals surface area (Å²) < 4.78 is 15.2. The van der Waals surface area contributed by atoms with Crippen LogP contribution >= 0.6 is 0 Å². The highest BCUT2D eigenvalue weighted by Gasteiger charge is 2.20. The molecule has 0 fully saturated rings. The number of ether oxygens (including phenoxy) is 1. The number of esters is 1. The standard InChI is InChI=1S/C18H13NO7/c20-17-8-12(9-24-18(21)14-4-5-16(25-14)19(22)23)13-6-10-2-1-3-11(10)7-15(13)26-17/h4-8H,1-3,9H2. The first-order valence-corrected chi connectivity index (χ1v) is 8.01. The maximum atomic E-state index is 12.0. The molecule has 1 aliphatic carbocycles. The van der Waals surface area contributed by atoms with E-state index in [0.29, 0.717) is 16.5 Å². The van der Waals surface area contributed by atoms with E-state index in [4.69, 9.17) is 13.6 Å². The first-order chi connectivity index (χ1) is 12.5. The van der Waals surface area contributed by atoms with Crippen LogP contribution < -0.4 is 5.63 Å². The third-order valence-electron chi connectivity index (χ3n) is 4.37. The maximum absolute atomic E-state index is 12.0. The van der Waals surface area contributed by atoms with Gasteiger partial charge in [0.1, 0.15) is 17.1 Å². The molecule has 3 aromatic rings. The number of hydrogen-bond acceptors (Lipinski definition) is 7. The summed E-state index contributed by atoms with van der Waals surface area (Å²) in [6.07, 6.45) is 2.96. The molecule has 0 aliphatic heterocycles. The van der Waals surface area contributed by atoms with E-state index in [-0.39, 0.29) is 12.4 Å². The van der Waals surface area contributed by atoms with Gasteiger partial charge in [-0.2, -0.15) is 0 Å². The molecular weight excluding hydrogens is 342 g/mol. The molecule has 8 heteroatoms. The van der Waals surface area contributed by atoms with Crippen molar-refractivity contribution in [2.75, 3.05) is 0 Å². The molecule has 1 aromatic carbocycles. The fraction of sp³-hybridized carbons (Fsp3) is 0.222. The van der Waals surface area contributed by atoms with Gasteiger partial charge in [0.2, 0.25) is 5.76 Å². The first-order valence-electron chi connectivity index (χ1n) is 8.01. The molecule has 2 heterocycles. The largest absolute Gasteiger partial charge is 0.455 e. The van der Waals surface area contributed by atoms with Crippen LogP contribution in [0.3, 0.4) is 0 Å². The van der Waals surface area contributed by atoms with Gasteiger partial charge in [-0.15, -0.1) is 0 Å². The van der Waals surface area contributed by atoms with Gasteiger partial charge in [0.05, 0.1) is 6.07 Å². The van der Waals surface area contributed by atoms with E-state index in [1.54, 1.807) is 0 Å². The van der Waals surface area contributed by atoms with Crippen molar-refractivity contribution in [2.24, 2.45) is 0 Å². The molecule has 0 spiro atoms. The summed E-state index contributed by atoms with van der Waals surface area (Å²) in [4.78, 5) is 33.7. The van der Waals surface area contributed by atoms with Crippen molar-refractivity contribution in [3.05, 3.63) is 73.3 Å². The van der Waals surface area contributed by atoms with Gasteiger partial charge in [0, 0.05) is 17.0 Å². The van der Waals surface area contributed by atoms with E-state index >= 15 is 0 Å². The Morgan fingerprint density at radius 1 is 1.15 bits per heavy atom. The number of hydrogen-bond donors (Lipinski definition) is 0. The van der Waals surface area contributed by atoms with Gasteiger partial charge in [-0.25, -0.2) is 9.59 Å². The van der Waals surface area contributed by atoms with Crippen LogP contribution in [-0.2, 0) is 24.2 Å². The number of aryl methyl sites for hydroxylation is 2. The van der Waals surface area contributed by atoms with Crippen LogP contribution in [-0.4, -0.2) is 10.9 Å². The van der Waals surface area contributed by atoms with Gasteiger partial charge < -0.3 is 13.6 Å². The molecular formula is C18H13NO7. The van der Waals surface area contributed by atoms with E-state index in [0.717, 1.165) is 30.9 Å². The Labute approximate surface area is 146 Å². The van der Waals surface area contributed by atoms with Crippen molar-refractivity contribution >= 4 is 22.8 Å². The van der Waals surface area contributed by atoms with Crippen molar-refractivity contribution in [3.8, 4) is 0 Å². The molecule has 4 rings (SSSR count). The van der Waals surface area contributed by atoms with Crippen LogP contribution in [0.1, 0.15) is 33.7 Å². The van der Waals surface area contributed by atoms with Crippen LogP contribution in [0.25, 0.3) is 11.0 Å². The number of furan rings is 1. The fourth-order valence-electron chi connectivity index (χ4n) is 3.16. The highest BCUT2D eigenvalue weighted by molar-refractivity contribution is 5.87. The van der Waals surface area contributed by atoms with Gasteiger partial charge in [0.15, 0.2) is 0 Å². The van der Waals surface area contributed by atoms with Gasteiger partial charge in [-0.3, -0.25) is 10.1 Å². The molecule has 132 valence electrons. The second-order valence-corrected chi connectivity index (χ2v) is 6.03. The Morgan fingerprint density at radius 2 is 1.92 bits per heavy atom. The quantitative estimate of drug-likeness (QED) is 0.306. The lowest BCUT2D eigenvalue weighted by molar-refractivity contribution is -0.402. The lowest BCUT2D eigenvalue weighted by atomic mass is 10.0. The molecule has 0 N–H and O–H groups in total. The number of fused-ring (bicyclic) bond motifs is 2. The number of carbonyl (C=O) groups excluding carboxylic acids is 1. The third-order valence-corrected chi connectivity index (χ3v) is 4.37. The molecule has 1 aliphatic rings. The minimum Gasteiger partial charge on any atom is -0.455 e. The molecule has 8 nitrogen and oxygen atoms in total. The van der Waals surface area contributed by atoms with Gasteiger partial charge >= 0.3 is 17.5 Å². The zero-order chi connectivity index (χ0) is 18.3. The maximum Gasteiger partial charge on any atom is 0.433 e. The molecule has 0 amide bonds. The number of carbonyl (C=O) groups is 1. The summed E-state index contributed by atoms with van der Waals surface area (Å²) in [6.45, 7) is -0.172. The molecule has 26 heavy (non-hydrogen) atoms. The fourth-order valence-corrected chi connectivity index (χ4v) is 3.16. The summed E-state index contributed by atoms with van der Waals surface area (Å²) in [7, 11) is 0. The molecule has 0 unspecified atom stereocenters. The van der Waals surface area contributed by atoms with Crippen LogP contribution in [0.2, 0.25) is 0 Å². The second kappa shape index (κ2) is 6.14. The SMILES string of the molecule is O=C(OCc1cc(=O)oc2cc3c(cc12)CCC3)c1ccc([N+](=O)[O-])o1.